The Bertz CT molecular complexity index is 1720. The van der Waals surface area contributed by atoms with Crippen LogP contribution < -0.4 is 9.64 Å². The zero-order chi connectivity index (χ0) is 32.1. The summed E-state index contributed by atoms with van der Waals surface area (Å²) in [7, 11) is 0. The van der Waals surface area contributed by atoms with Crippen LogP contribution in [0.3, 0.4) is 0 Å². The molecule has 0 aliphatic carbocycles. The first-order valence-electron chi connectivity index (χ1n) is 15.9. The van der Waals surface area contributed by atoms with Crippen molar-refractivity contribution in [2.45, 2.75) is 50.6 Å². The number of ether oxygens (including phenoxy) is 2. The third kappa shape index (κ3) is 4.70. The Balaban J connectivity index is 1.26. The van der Waals surface area contributed by atoms with E-state index < -0.39 is 29.1 Å². The number of fused-ring (bicyclic) bond motifs is 3. The normalized spacial score (nSPS) is 28.8. The van der Waals surface area contributed by atoms with Crippen molar-refractivity contribution in [1.82, 2.24) is 24.8 Å². The quantitative estimate of drug-likeness (QED) is 0.283. The molecule has 5 atom stereocenters. The lowest BCUT2D eigenvalue weighted by Crippen LogP contribution is -2.56. The van der Waals surface area contributed by atoms with Gasteiger partial charge in [0.1, 0.15) is 29.6 Å². The van der Waals surface area contributed by atoms with E-state index in [9.17, 15) is 19.5 Å². The Morgan fingerprint density at radius 1 is 0.957 bits per heavy atom. The number of aliphatic hydroxyl groups is 1. The van der Waals surface area contributed by atoms with Gasteiger partial charge in [-0.2, -0.15) is 0 Å². The van der Waals surface area contributed by atoms with Crippen molar-refractivity contribution in [3.8, 4) is 5.75 Å². The molecule has 46 heavy (non-hydrogen) atoms. The highest BCUT2D eigenvalue weighted by Crippen LogP contribution is 2.57. The van der Waals surface area contributed by atoms with E-state index in [1.165, 1.54) is 0 Å². The molecule has 4 aliphatic heterocycles. The average Bonchev–Trinajstić information content (AvgIpc) is 3.58. The monoisotopic (exact) mass is 626 g/mol. The molecule has 7 rings (SSSR count). The van der Waals surface area contributed by atoms with E-state index >= 15 is 0 Å². The standard InChI is InChI=1S/C34H38N6O6/c1-3-45-24-14-12-23(13-15-24)38-20-8-16-33(2)27(30(38)42)28-31(43)39(19-6-7-21-41)29-32(44)37(18-9-17-34(28,29)46-33)22-40-26-11-5-4-10-25(26)35-36-40/h4-5,8-17,27-29,41H,3,6-7,18-22H2,1-2H3/t27-,28-,29?,33+,34-/m0/s1. The summed E-state index contributed by atoms with van der Waals surface area (Å²) in [5.41, 5.74) is -0.310. The Labute approximate surface area is 266 Å². The van der Waals surface area contributed by atoms with Crippen LogP contribution in [0.4, 0.5) is 5.69 Å². The number of benzene rings is 2. The molecule has 0 saturated carbocycles. The SMILES string of the molecule is CCOc1ccc(N2CC=C[C@@]3(C)O[C@]45C=CCN(Cn6nnc7ccccc76)C(=O)C4N(CCCCO)C(=O)[C@@H]5[C@H]3C2=O)cc1. The molecule has 240 valence electrons. The van der Waals surface area contributed by atoms with Crippen molar-refractivity contribution in [3.05, 3.63) is 72.8 Å². The van der Waals surface area contributed by atoms with Crippen LogP contribution in [0.1, 0.15) is 26.7 Å². The molecule has 4 aliphatic rings. The van der Waals surface area contributed by atoms with Gasteiger partial charge in [-0.15, -0.1) is 5.10 Å². The number of nitrogens with zero attached hydrogens (tertiary/aromatic N) is 6. The molecule has 3 amide bonds. The lowest BCUT2D eigenvalue weighted by molar-refractivity contribution is -0.152. The number of unbranched alkanes of at least 4 members (excludes halogenated alkanes) is 1. The summed E-state index contributed by atoms with van der Waals surface area (Å²) in [4.78, 5) is 48.6. The fourth-order valence-corrected chi connectivity index (χ4v) is 7.63. The maximum atomic E-state index is 14.6. The topological polar surface area (TPSA) is 130 Å². The lowest BCUT2D eigenvalue weighted by atomic mass is 9.74. The van der Waals surface area contributed by atoms with Gasteiger partial charge in [-0.05, 0) is 63.1 Å². The third-order valence-corrected chi connectivity index (χ3v) is 9.63. The lowest BCUT2D eigenvalue weighted by Gasteiger charge is -2.37. The second-order valence-electron chi connectivity index (χ2n) is 12.4. The first-order valence-corrected chi connectivity index (χ1v) is 15.9. The van der Waals surface area contributed by atoms with Gasteiger partial charge >= 0.3 is 0 Å². The van der Waals surface area contributed by atoms with E-state index in [0.29, 0.717) is 42.9 Å². The smallest absolute Gasteiger partial charge is 0.250 e. The molecule has 5 heterocycles. The molecule has 2 saturated heterocycles. The number of carbonyl (C=O) groups is 3. The number of aliphatic hydroxyl groups excluding tert-OH is 1. The predicted molar refractivity (Wildman–Crippen MR) is 169 cm³/mol. The highest BCUT2D eigenvalue weighted by Gasteiger charge is 2.74. The second-order valence-corrected chi connectivity index (χ2v) is 12.4. The Kier molecular flexibility index (Phi) is 7.64. The third-order valence-electron chi connectivity index (χ3n) is 9.63. The van der Waals surface area contributed by atoms with Crippen LogP contribution >= 0.6 is 0 Å². The van der Waals surface area contributed by atoms with Crippen LogP contribution in [-0.4, -0.2) is 97.7 Å². The minimum atomic E-state index is -1.37. The zero-order valence-corrected chi connectivity index (χ0v) is 26.0. The number of hydrogen-bond acceptors (Lipinski definition) is 8. The molecule has 1 N–H and O–H groups in total. The number of amides is 3. The number of hydrogen-bond donors (Lipinski definition) is 1. The Morgan fingerprint density at radius 3 is 2.52 bits per heavy atom. The number of aromatic nitrogens is 3. The van der Waals surface area contributed by atoms with Gasteiger partial charge < -0.3 is 29.3 Å². The average molecular weight is 627 g/mol. The summed E-state index contributed by atoms with van der Waals surface area (Å²) in [6, 6.07) is 13.9. The maximum Gasteiger partial charge on any atom is 0.250 e. The highest BCUT2D eigenvalue weighted by atomic mass is 16.5. The fraction of sp³-hybridized carbons (Fsp3) is 0.441. The minimum absolute atomic E-state index is 0.0296. The molecule has 1 aromatic heterocycles. The van der Waals surface area contributed by atoms with Crippen LogP contribution in [0.5, 0.6) is 5.75 Å². The molecule has 0 bridgehead atoms. The van der Waals surface area contributed by atoms with Crippen molar-refractivity contribution < 1.29 is 29.0 Å². The van der Waals surface area contributed by atoms with Crippen molar-refractivity contribution in [2.75, 3.05) is 37.7 Å². The highest BCUT2D eigenvalue weighted by molar-refractivity contribution is 6.04. The van der Waals surface area contributed by atoms with Gasteiger partial charge in [0.05, 0.1) is 29.6 Å². The van der Waals surface area contributed by atoms with Crippen molar-refractivity contribution >= 4 is 34.4 Å². The van der Waals surface area contributed by atoms with Gasteiger partial charge in [0, 0.05) is 31.9 Å². The van der Waals surface area contributed by atoms with Gasteiger partial charge in [-0.3, -0.25) is 14.4 Å². The molecule has 0 radical (unpaired) electrons. The molecule has 12 nitrogen and oxygen atoms in total. The summed E-state index contributed by atoms with van der Waals surface area (Å²) >= 11 is 0. The number of carbonyl (C=O) groups excluding carboxylic acids is 3. The van der Waals surface area contributed by atoms with Gasteiger partial charge in [-0.25, -0.2) is 4.68 Å². The minimum Gasteiger partial charge on any atom is -0.494 e. The first kappa shape index (κ1) is 30.1. The van der Waals surface area contributed by atoms with Gasteiger partial charge in [-0.1, -0.05) is 41.7 Å². The van der Waals surface area contributed by atoms with Crippen LogP contribution in [0, 0.1) is 11.8 Å². The van der Waals surface area contributed by atoms with E-state index in [-0.39, 0.29) is 44.1 Å². The van der Waals surface area contributed by atoms with Crippen molar-refractivity contribution in [1.29, 1.82) is 0 Å². The largest absolute Gasteiger partial charge is 0.494 e. The number of likely N-dealkylation sites (tertiary alicyclic amines) is 1. The van der Waals surface area contributed by atoms with E-state index in [4.69, 9.17) is 9.47 Å². The van der Waals surface area contributed by atoms with Crippen molar-refractivity contribution in [3.63, 3.8) is 0 Å². The van der Waals surface area contributed by atoms with Gasteiger partial charge in [0.15, 0.2) is 0 Å². The van der Waals surface area contributed by atoms with E-state index in [0.717, 1.165) is 5.52 Å². The summed E-state index contributed by atoms with van der Waals surface area (Å²) in [5.74, 6) is -1.92. The molecule has 12 heteroatoms. The summed E-state index contributed by atoms with van der Waals surface area (Å²) in [6.07, 6.45) is 8.45. The number of rotatable bonds is 9. The van der Waals surface area contributed by atoms with E-state index in [1.807, 2.05) is 86.7 Å². The molecular formula is C34H38N6O6. The van der Waals surface area contributed by atoms with Crippen LogP contribution in [0.15, 0.2) is 72.8 Å². The summed E-state index contributed by atoms with van der Waals surface area (Å²) < 4.78 is 14.2. The molecular weight excluding hydrogens is 588 g/mol. The second kappa shape index (κ2) is 11.7. The first-order chi connectivity index (χ1) is 22.3. The summed E-state index contributed by atoms with van der Waals surface area (Å²) in [6.45, 7) is 5.21. The van der Waals surface area contributed by atoms with Gasteiger partial charge in [0.25, 0.3) is 5.91 Å². The molecule has 3 aromatic rings. The number of para-hydroxylation sites is 1. The predicted octanol–water partition coefficient (Wildman–Crippen LogP) is 2.53. The summed E-state index contributed by atoms with van der Waals surface area (Å²) in [5, 5.41) is 18.0. The molecule has 2 fully saturated rings. The maximum absolute atomic E-state index is 14.6. The van der Waals surface area contributed by atoms with Crippen LogP contribution in [-0.2, 0) is 25.8 Å². The van der Waals surface area contributed by atoms with Crippen LogP contribution in [0.2, 0.25) is 0 Å². The molecule has 1 unspecified atom stereocenters. The Hall–Kier alpha value is -4.55. The van der Waals surface area contributed by atoms with E-state index in [2.05, 4.69) is 10.3 Å². The zero-order valence-electron chi connectivity index (χ0n) is 26.0. The van der Waals surface area contributed by atoms with Gasteiger partial charge in [0.2, 0.25) is 11.8 Å². The van der Waals surface area contributed by atoms with Crippen LogP contribution in [0.25, 0.3) is 11.0 Å². The Morgan fingerprint density at radius 2 is 1.74 bits per heavy atom. The molecule has 2 aromatic carbocycles. The number of anilines is 1. The van der Waals surface area contributed by atoms with E-state index in [1.54, 1.807) is 19.4 Å². The van der Waals surface area contributed by atoms with Crippen molar-refractivity contribution in [2.24, 2.45) is 11.8 Å². The fourth-order valence-electron chi connectivity index (χ4n) is 7.63. The molecule has 1 spiro atoms.